The molecular formula is C20H22N2O2. The summed E-state index contributed by atoms with van der Waals surface area (Å²) in [7, 11) is 0. The fraction of sp³-hybridized carbons (Fsp3) is 0.300. The Labute approximate surface area is 143 Å². The van der Waals surface area contributed by atoms with Gasteiger partial charge in [0.1, 0.15) is 0 Å². The van der Waals surface area contributed by atoms with Gasteiger partial charge in [-0.2, -0.15) is 5.26 Å². The molecule has 0 radical (unpaired) electrons. The lowest BCUT2D eigenvalue weighted by molar-refractivity contribution is 0.129. The zero-order valence-corrected chi connectivity index (χ0v) is 14.2. The third-order valence-corrected chi connectivity index (χ3v) is 4.17. The van der Waals surface area contributed by atoms with E-state index < -0.39 is 6.09 Å². The first-order valence-electron chi connectivity index (χ1n) is 8.02. The van der Waals surface area contributed by atoms with Crippen molar-refractivity contribution in [3.05, 3.63) is 59.7 Å². The number of carboxylic acid groups (broad SMARTS) is 1. The molecule has 0 aliphatic rings. The molecule has 0 heterocycles. The number of hydrogen-bond acceptors (Lipinski definition) is 2. The number of nitrogens with zero attached hydrogens (tertiary/aromatic N) is 2. The molecule has 0 aliphatic heterocycles. The Hall–Kier alpha value is -2.80. The van der Waals surface area contributed by atoms with Gasteiger partial charge in [0.05, 0.1) is 11.6 Å². The highest BCUT2D eigenvalue weighted by Gasteiger charge is 2.19. The molecule has 124 valence electrons. The number of nitriles is 1. The maximum absolute atomic E-state index is 11.3. The number of hydrogen-bond donors (Lipinski definition) is 1. The largest absolute Gasteiger partial charge is 0.465 e. The van der Waals surface area contributed by atoms with Crippen molar-refractivity contribution in [2.45, 2.75) is 32.7 Å². The van der Waals surface area contributed by atoms with Gasteiger partial charge in [-0.15, -0.1) is 0 Å². The highest BCUT2D eigenvalue weighted by molar-refractivity contribution is 5.66. The lowest BCUT2D eigenvalue weighted by Crippen LogP contribution is -2.38. The summed E-state index contributed by atoms with van der Waals surface area (Å²) in [4.78, 5) is 12.8. The lowest BCUT2D eigenvalue weighted by atomic mass is 9.96. The van der Waals surface area contributed by atoms with Crippen LogP contribution in [0, 0.1) is 11.3 Å². The van der Waals surface area contributed by atoms with E-state index >= 15 is 0 Å². The molecule has 0 bridgehead atoms. The maximum Gasteiger partial charge on any atom is 0.407 e. The van der Waals surface area contributed by atoms with E-state index in [1.807, 2.05) is 57.2 Å². The first kappa shape index (κ1) is 17.6. The van der Waals surface area contributed by atoms with Gasteiger partial charge in [0.25, 0.3) is 0 Å². The summed E-state index contributed by atoms with van der Waals surface area (Å²) < 4.78 is 0. The molecule has 1 amide bonds. The number of amides is 1. The second kappa shape index (κ2) is 7.65. The van der Waals surface area contributed by atoms with Gasteiger partial charge in [-0.1, -0.05) is 43.3 Å². The van der Waals surface area contributed by atoms with Crippen molar-refractivity contribution in [1.29, 1.82) is 5.26 Å². The number of benzene rings is 2. The molecule has 4 heteroatoms. The SMILES string of the molecule is CC(CN(C(=O)O)C(C)C)c1ccc(-c2ccc(C#N)cc2)cc1. The van der Waals surface area contributed by atoms with Crippen LogP contribution < -0.4 is 0 Å². The van der Waals surface area contributed by atoms with Crippen LogP contribution in [0.3, 0.4) is 0 Å². The van der Waals surface area contributed by atoms with Gasteiger partial charge in [-0.05, 0) is 48.6 Å². The fourth-order valence-corrected chi connectivity index (χ4v) is 2.65. The van der Waals surface area contributed by atoms with Crippen molar-refractivity contribution < 1.29 is 9.90 Å². The minimum Gasteiger partial charge on any atom is -0.465 e. The summed E-state index contributed by atoms with van der Waals surface area (Å²) in [6, 6.07) is 17.7. The van der Waals surface area contributed by atoms with Crippen LogP contribution in [0.25, 0.3) is 11.1 Å². The topological polar surface area (TPSA) is 64.3 Å². The van der Waals surface area contributed by atoms with Gasteiger partial charge in [-0.3, -0.25) is 0 Å². The van der Waals surface area contributed by atoms with E-state index in [1.54, 1.807) is 12.1 Å². The minimum absolute atomic E-state index is 0.0390. The van der Waals surface area contributed by atoms with E-state index in [-0.39, 0.29) is 12.0 Å². The van der Waals surface area contributed by atoms with Gasteiger partial charge in [0.2, 0.25) is 0 Å². The third-order valence-electron chi connectivity index (χ3n) is 4.17. The molecule has 0 spiro atoms. The molecule has 0 fully saturated rings. The molecule has 24 heavy (non-hydrogen) atoms. The average molecular weight is 322 g/mol. The molecule has 1 unspecified atom stereocenters. The number of rotatable bonds is 5. The van der Waals surface area contributed by atoms with Crippen LogP contribution in [0.2, 0.25) is 0 Å². The highest BCUT2D eigenvalue weighted by atomic mass is 16.4. The van der Waals surface area contributed by atoms with Crippen molar-refractivity contribution in [3.63, 3.8) is 0 Å². The molecule has 0 saturated heterocycles. The quantitative estimate of drug-likeness (QED) is 0.866. The monoisotopic (exact) mass is 322 g/mol. The van der Waals surface area contributed by atoms with Crippen LogP contribution in [0.5, 0.6) is 0 Å². The van der Waals surface area contributed by atoms with E-state index in [2.05, 4.69) is 6.07 Å². The molecular weight excluding hydrogens is 300 g/mol. The molecule has 2 aromatic carbocycles. The molecule has 2 aromatic rings. The molecule has 0 saturated carbocycles. The average Bonchev–Trinajstić information content (AvgIpc) is 2.59. The molecule has 1 N–H and O–H groups in total. The Morgan fingerprint density at radius 3 is 1.96 bits per heavy atom. The normalized spacial score (nSPS) is 11.8. The summed E-state index contributed by atoms with van der Waals surface area (Å²) in [5, 5.41) is 18.1. The summed E-state index contributed by atoms with van der Waals surface area (Å²) in [6.45, 7) is 6.28. The first-order valence-corrected chi connectivity index (χ1v) is 8.02. The van der Waals surface area contributed by atoms with Crippen LogP contribution >= 0.6 is 0 Å². The van der Waals surface area contributed by atoms with E-state index in [1.165, 1.54) is 4.90 Å². The summed E-state index contributed by atoms with van der Waals surface area (Å²) in [5.41, 5.74) is 3.89. The summed E-state index contributed by atoms with van der Waals surface area (Å²) in [5.74, 6) is 0.124. The van der Waals surface area contributed by atoms with Gasteiger partial charge >= 0.3 is 6.09 Å². The Morgan fingerprint density at radius 1 is 1.04 bits per heavy atom. The van der Waals surface area contributed by atoms with Crippen molar-refractivity contribution >= 4 is 6.09 Å². The van der Waals surface area contributed by atoms with Crippen LogP contribution in [0.15, 0.2) is 48.5 Å². The van der Waals surface area contributed by atoms with Gasteiger partial charge < -0.3 is 10.0 Å². The van der Waals surface area contributed by atoms with Gasteiger partial charge in [-0.25, -0.2) is 4.79 Å². The van der Waals surface area contributed by atoms with Crippen LogP contribution in [0.4, 0.5) is 4.79 Å². The summed E-state index contributed by atoms with van der Waals surface area (Å²) in [6.07, 6.45) is -0.883. The van der Waals surface area contributed by atoms with Crippen molar-refractivity contribution in [2.75, 3.05) is 6.54 Å². The zero-order valence-electron chi connectivity index (χ0n) is 14.2. The second-order valence-electron chi connectivity index (χ2n) is 6.24. The Balaban J connectivity index is 2.13. The van der Waals surface area contributed by atoms with Crippen LogP contribution in [0.1, 0.15) is 37.8 Å². The smallest absolute Gasteiger partial charge is 0.407 e. The Bertz CT molecular complexity index is 728. The van der Waals surface area contributed by atoms with Crippen LogP contribution in [-0.2, 0) is 0 Å². The van der Waals surface area contributed by atoms with E-state index in [9.17, 15) is 9.90 Å². The molecule has 0 aliphatic carbocycles. The predicted molar refractivity (Wildman–Crippen MR) is 94.9 cm³/mol. The molecule has 4 nitrogen and oxygen atoms in total. The van der Waals surface area contributed by atoms with Gasteiger partial charge in [0, 0.05) is 12.6 Å². The third kappa shape index (κ3) is 4.14. The Morgan fingerprint density at radius 2 is 1.54 bits per heavy atom. The zero-order chi connectivity index (χ0) is 17.7. The standard InChI is InChI=1S/C20H22N2O2/c1-14(2)22(20(23)24)13-15(3)17-8-10-19(11-9-17)18-6-4-16(12-21)5-7-18/h4-11,14-15H,13H2,1-3H3,(H,23,24). The Kier molecular flexibility index (Phi) is 5.59. The predicted octanol–water partition coefficient (Wildman–Crippen LogP) is 4.72. The number of carbonyl (C=O) groups is 1. The molecule has 2 rings (SSSR count). The highest BCUT2D eigenvalue weighted by Crippen LogP contribution is 2.24. The van der Waals surface area contributed by atoms with Gasteiger partial charge in [0.15, 0.2) is 0 Å². The second-order valence-corrected chi connectivity index (χ2v) is 6.24. The minimum atomic E-state index is -0.883. The van der Waals surface area contributed by atoms with E-state index in [4.69, 9.17) is 5.26 Å². The summed E-state index contributed by atoms with van der Waals surface area (Å²) >= 11 is 0. The van der Waals surface area contributed by atoms with Crippen molar-refractivity contribution in [2.24, 2.45) is 0 Å². The maximum atomic E-state index is 11.3. The van der Waals surface area contributed by atoms with E-state index in [0.717, 1.165) is 16.7 Å². The van der Waals surface area contributed by atoms with Crippen LogP contribution in [-0.4, -0.2) is 28.7 Å². The molecule has 0 aromatic heterocycles. The lowest BCUT2D eigenvalue weighted by Gasteiger charge is -2.27. The fourth-order valence-electron chi connectivity index (χ4n) is 2.65. The van der Waals surface area contributed by atoms with Crippen molar-refractivity contribution in [1.82, 2.24) is 4.90 Å². The molecule has 1 atom stereocenters. The van der Waals surface area contributed by atoms with Crippen molar-refractivity contribution in [3.8, 4) is 17.2 Å². The first-order chi connectivity index (χ1) is 11.4. The van der Waals surface area contributed by atoms with E-state index in [0.29, 0.717) is 12.1 Å².